The van der Waals surface area contributed by atoms with Crippen LogP contribution in [-0.2, 0) is 32.7 Å². The first kappa shape index (κ1) is 39.1. The molecule has 9 heteroatoms. The standard InChI is InChI=1S/C29H39N5O3.2C2H6.CH2O/c1-8-22-24(9-2)34(18-21-12-10-11-13-23(21)27-28(22)33(7)32-31-27)26(36)15-14-25(35)30-17-16-29(5,6)37-19-20(3)4;3*1-2/h8-13,20H,1-2,14-19H2,3-7H3,(H,30,35);2*1-2H3;1H2/b24-22-;;;. The molecule has 0 unspecified atom stereocenters. The molecular formula is C34H53N5O4. The van der Waals surface area contributed by atoms with Crippen molar-refractivity contribution in [2.75, 3.05) is 13.2 Å². The topological polar surface area (TPSA) is 106 Å². The second-order valence-corrected chi connectivity index (χ2v) is 10.3. The van der Waals surface area contributed by atoms with Gasteiger partial charge in [-0.25, -0.2) is 4.68 Å². The molecule has 0 radical (unpaired) electrons. The first-order valence-corrected chi connectivity index (χ1v) is 15.0. The van der Waals surface area contributed by atoms with E-state index in [0.29, 0.717) is 43.3 Å². The van der Waals surface area contributed by atoms with Crippen LogP contribution in [0.3, 0.4) is 0 Å². The maximum atomic E-state index is 13.5. The Labute approximate surface area is 259 Å². The van der Waals surface area contributed by atoms with Crippen LogP contribution in [0.25, 0.3) is 16.8 Å². The minimum Gasteiger partial charge on any atom is -0.375 e. The first-order valence-electron chi connectivity index (χ1n) is 15.0. The Kier molecular flexibility index (Phi) is 18.3. The lowest BCUT2D eigenvalue weighted by Gasteiger charge is -2.29. The van der Waals surface area contributed by atoms with Gasteiger partial charge in [0.2, 0.25) is 11.8 Å². The number of aromatic nitrogens is 3. The van der Waals surface area contributed by atoms with Crippen molar-refractivity contribution < 1.29 is 19.1 Å². The van der Waals surface area contributed by atoms with Crippen LogP contribution in [0.2, 0.25) is 0 Å². The van der Waals surface area contributed by atoms with Gasteiger partial charge >= 0.3 is 0 Å². The van der Waals surface area contributed by atoms with Crippen LogP contribution in [0, 0.1) is 5.92 Å². The number of rotatable bonds is 11. The van der Waals surface area contributed by atoms with E-state index in [-0.39, 0.29) is 30.3 Å². The van der Waals surface area contributed by atoms with Crippen LogP contribution in [-0.4, -0.2) is 57.2 Å². The number of hydrogen-bond donors (Lipinski definition) is 1. The van der Waals surface area contributed by atoms with Gasteiger partial charge in [0.05, 0.1) is 23.5 Å². The summed E-state index contributed by atoms with van der Waals surface area (Å²) in [5.74, 6) is 0.122. The molecule has 0 atom stereocenters. The number of aryl methyl sites for hydroxylation is 1. The lowest BCUT2D eigenvalue weighted by Crippen LogP contribution is -2.35. The summed E-state index contributed by atoms with van der Waals surface area (Å²) in [5, 5.41) is 11.5. The molecule has 9 nitrogen and oxygen atoms in total. The fraction of sp³-hybridized carbons (Fsp3) is 0.500. The largest absolute Gasteiger partial charge is 0.375 e. The van der Waals surface area contributed by atoms with Gasteiger partial charge in [0, 0.05) is 44.2 Å². The number of hydrogen-bond acceptors (Lipinski definition) is 6. The van der Waals surface area contributed by atoms with Gasteiger partial charge in [0.15, 0.2) is 0 Å². The highest BCUT2D eigenvalue weighted by Crippen LogP contribution is 2.36. The third-order valence-corrected chi connectivity index (χ3v) is 6.37. The van der Waals surface area contributed by atoms with Crippen molar-refractivity contribution in [2.45, 2.75) is 86.8 Å². The first-order chi connectivity index (χ1) is 20.6. The zero-order chi connectivity index (χ0) is 33.2. The zero-order valence-electron chi connectivity index (χ0n) is 27.8. The van der Waals surface area contributed by atoms with Crippen molar-refractivity contribution in [3.05, 3.63) is 66.5 Å². The molecule has 43 heavy (non-hydrogen) atoms. The van der Waals surface area contributed by atoms with Gasteiger partial charge in [-0.15, -0.1) is 5.10 Å². The molecule has 3 rings (SSSR count). The van der Waals surface area contributed by atoms with Crippen LogP contribution in [0.5, 0.6) is 0 Å². The number of allylic oxidation sites excluding steroid dienone is 3. The molecule has 1 aliphatic heterocycles. The normalized spacial score (nSPS) is 13.7. The van der Waals surface area contributed by atoms with Crippen molar-refractivity contribution in [2.24, 2.45) is 13.0 Å². The maximum absolute atomic E-state index is 13.5. The Balaban J connectivity index is 0.00000276. The van der Waals surface area contributed by atoms with Gasteiger partial charge in [-0.05, 0) is 37.8 Å². The van der Waals surface area contributed by atoms with Gasteiger partial charge in [-0.3, -0.25) is 9.59 Å². The van der Waals surface area contributed by atoms with Crippen LogP contribution in [0.4, 0.5) is 0 Å². The highest BCUT2D eigenvalue weighted by Gasteiger charge is 2.28. The molecule has 0 spiro atoms. The number of nitrogens with one attached hydrogen (secondary N) is 1. The van der Waals surface area contributed by atoms with E-state index < -0.39 is 0 Å². The molecule has 0 saturated carbocycles. The number of carbonyl (C=O) groups is 3. The van der Waals surface area contributed by atoms with Crippen LogP contribution < -0.4 is 5.32 Å². The quantitative estimate of drug-likeness (QED) is 0.317. The predicted molar refractivity (Wildman–Crippen MR) is 176 cm³/mol. The van der Waals surface area contributed by atoms with E-state index in [2.05, 4.69) is 42.6 Å². The Hall–Kier alpha value is -3.85. The minimum atomic E-state index is -0.324. The lowest BCUT2D eigenvalue weighted by molar-refractivity contribution is -0.132. The number of amides is 2. The van der Waals surface area contributed by atoms with Crippen LogP contribution in [0.1, 0.15) is 85.9 Å². The van der Waals surface area contributed by atoms with E-state index >= 15 is 0 Å². The van der Waals surface area contributed by atoms with Crippen molar-refractivity contribution in [1.29, 1.82) is 0 Å². The number of ether oxygens (including phenoxy) is 1. The second kappa shape index (κ2) is 20.1. The molecule has 1 aromatic carbocycles. The van der Waals surface area contributed by atoms with Gasteiger partial charge in [0.25, 0.3) is 0 Å². The molecule has 0 saturated heterocycles. The molecule has 1 aliphatic rings. The molecular weight excluding hydrogens is 542 g/mol. The van der Waals surface area contributed by atoms with Gasteiger partial charge in [-0.1, -0.05) is 90.3 Å². The van der Waals surface area contributed by atoms with Crippen molar-refractivity contribution >= 4 is 24.2 Å². The third kappa shape index (κ3) is 11.4. The monoisotopic (exact) mass is 595 g/mol. The van der Waals surface area contributed by atoms with E-state index in [1.807, 2.05) is 79.6 Å². The molecule has 2 aromatic rings. The Bertz CT molecular complexity index is 1210. The average Bonchev–Trinajstić information content (AvgIpc) is 3.39. The number of fused-ring (bicyclic) bond motifs is 3. The SMILES string of the molecule is C=C/C1=C(\C=C)N(C(=O)CCC(=O)NCCC(C)(C)OCC(C)C)Cc2ccccc2-c2nnn(C)c21.C=O.CC.CC. The number of benzene rings is 1. The highest BCUT2D eigenvalue weighted by atomic mass is 16.5. The van der Waals surface area contributed by atoms with E-state index in [9.17, 15) is 9.59 Å². The van der Waals surface area contributed by atoms with Crippen molar-refractivity contribution in [3.8, 4) is 11.3 Å². The lowest BCUT2D eigenvalue weighted by atomic mass is 9.95. The summed E-state index contributed by atoms with van der Waals surface area (Å²) in [5.41, 5.74) is 4.35. The van der Waals surface area contributed by atoms with Gasteiger partial charge in [0.1, 0.15) is 12.5 Å². The van der Waals surface area contributed by atoms with Crippen LogP contribution in [0.15, 0.2) is 55.3 Å². The van der Waals surface area contributed by atoms with Crippen molar-refractivity contribution in [3.63, 3.8) is 0 Å². The Morgan fingerprint density at radius 3 is 2.28 bits per heavy atom. The van der Waals surface area contributed by atoms with Gasteiger partial charge in [-0.2, -0.15) is 0 Å². The fourth-order valence-corrected chi connectivity index (χ4v) is 4.31. The summed E-state index contributed by atoms with van der Waals surface area (Å²) < 4.78 is 7.61. The summed E-state index contributed by atoms with van der Waals surface area (Å²) >= 11 is 0. The molecule has 0 aliphatic carbocycles. The van der Waals surface area contributed by atoms with E-state index in [4.69, 9.17) is 9.53 Å². The summed E-state index contributed by atoms with van der Waals surface area (Å²) in [7, 11) is 1.81. The third-order valence-electron chi connectivity index (χ3n) is 6.37. The summed E-state index contributed by atoms with van der Waals surface area (Å²) in [4.78, 5) is 35.7. The predicted octanol–water partition coefficient (Wildman–Crippen LogP) is 6.51. The second-order valence-electron chi connectivity index (χ2n) is 10.3. The number of carbonyl (C=O) groups excluding carboxylic acids is 3. The Morgan fingerprint density at radius 2 is 1.70 bits per heavy atom. The molecule has 2 heterocycles. The maximum Gasteiger partial charge on any atom is 0.227 e. The average molecular weight is 596 g/mol. The molecule has 238 valence electrons. The summed E-state index contributed by atoms with van der Waals surface area (Å²) in [6.45, 7) is 27.7. The van der Waals surface area contributed by atoms with Gasteiger partial charge < -0.3 is 19.7 Å². The number of nitrogens with zero attached hydrogens (tertiary/aromatic N) is 4. The van der Waals surface area contributed by atoms with E-state index in [0.717, 1.165) is 22.5 Å². The zero-order valence-corrected chi connectivity index (χ0v) is 27.8. The van der Waals surface area contributed by atoms with Crippen LogP contribution >= 0.6 is 0 Å². The highest BCUT2D eigenvalue weighted by molar-refractivity contribution is 5.91. The molecule has 1 aromatic heterocycles. The van der Waals surface area contributed by atoms with E-state index in [1.54, 1.807) is 21.7 Å². The summed E-state index contributed by atoms with van der Waals surface area (Å²) in [6.07, 6.45) is 4.20. The fourth-order valence-electron chi connectivity index (χ4n) is 4.31. The molecule has 0 bridgehead atoms. The van der Waals surface area contributed by atoms with Crippen molar-refractivity contribution in [1.82, 2.24) is 25.2 Å². The molecule has 2 amide bonds. The Morgan fingerprint density at radius 1 is 1.07 bits per heavy atom. The minimum absolute atomic E-state index is 0.0689. The molecule has 0 fully saturated rings. The molecule has 1 N–H and O–H groups in total. The summed E-state index contributed by atoms with van der Waals surface area (Å²) in [6, 6.07) is 7.83. The smallest absolute Gasteiger partial charge is 0.227 e. The van der Waals surface area contributed by atoms with E-state index in [1.165, 1.54) is 0 Å².